The molecule has 2 aliphatic heterocycles. The van der Waals surface area contributed by atoms with Gasteiger partial charge in [0.25, 0.3) is 11.8 Å². The van der Waals surface area contributed by atoms with E-state index in [1.165, 1.54) is 11.3 Å². The van der Waals surface area contributed by atoms with Crippen molar-refractivity contribution in [2.45, 2.75) is 84.6 Å². The predicted molar refractivity (Wildman–Crippen MR) is 248 cm³/mol. The van der Waals surface area contributed by atoms with Crippen LogP contribution in [0.15, 0.2) is 83.9 Å². The largest absolute Gasteiger partial charge is 0.494 e. The Labute approximate surface area is 370 Å². The average Bonchev–Trinajstić information content (AvgIpc) is 3.59. The standard InChI is InChI=1S/C48H60N6O6SSi/c1-48(2,3)60-46(57)43-35(13-11-29-59-37-20-17-36(18-21-37)45(56)52-27-25-51(4)26-28-52)19-22-42(49-43)53-24-23-34-12-10-14-38(39(34)32-53)44(55)50-47-54(33-58-30-31-62(5,6)7)40-15-8-9-16-41(40)61-47/h8-10,12,14-22H,11,13,23-33H2,1-7H3. The highest BCUT2D eigenvalue weighted by Gasteiger charge is 2.27. The summed E-state index contributed by atoms with van der Waals surface area (Å²) in [4.78, 5) is 57.3. The minimum absolute atomic E-state index is 0.0406. The topological polar surface area (TPSA) is 119 Å². The number of aryl methyl sites for hydroxylation is 1. The third-order valence-electron chi connectivity index (χ3n) is 11.1. The Kier molecular flexibility index (Phi) is 14.1. The maximum atomic E-state index is 14.1. The van der Waals surface area contributed by atoms with Gasteiger partial charge in [0.05, 0.1) is 16.8 Å². The number of anilines is 1. The lowest BCUT2D eigenvalue weighted by atomic mass is 9.94. The van der Waals surface area contributed by atoms with Crippen molar-refractivity contribution in [2.75, 3.05) is 57.9 Å². The molecule has 14 heteroatoms. The number of pyridine rings is 1. The molecule has 328 valence electrons. The first-order valence-corrected chi connectivity index (χ1v) is 26.2. The quantitative estimate of drug-likeness (QED) is 0.0620. The molecule has 0 bridgehead atoms. The summed E-state index contributed by atoms with van der Waals surface area (Å²) in [5.41, 5.74) is 4.54. The summed E-state index contributed by atoms with van der Waals surface area (Å²) in [7, 11) is 0.806. The van der Waals surface area contributed by atoms with Crippen LogP contribution in [0.3, 0.4) is 0 Å². The summed E-state index contributed by atoms with van der Waals surface area (Å²) >= 11 is 1.48. The molecule has 0 radical (unpaired) electrons. The van der Waals surface area contributed by atoms with Crippen LogP contribution in [0.25, 0.3) is 10.2 Å². The number of esters is 1. The van der Waals surface area contributed by atoms with Crippen LogP contribution in [0.4, 0.5) is 5.82 Å². The zero-order valence-corrected chi connectivity index (χ0v) is 39.1. The van der Waals surface area contributed by atoms with Crippen LogP contribution in [0.2, 0.25) is 25.7 Å². The molecule has 7 rings (SSSR count). The van der Waals surface area contributed by atoms with Crippen LogP contribution >= 0.6 is 11.3 Å². The summed E-state index contributed by atoms with van der Waals surface area (Å²) in [5, 5.41) is 0. The monoisotopic (exact) mass is 876 g/mol. The van der Waals surface area contributed by atoms with Gasteiger partial charge in [0.15, 0.2) is 10.5 Å². The van der Waals surface area contributed by atoms with Gasteiger partial charge in [-0.2, -0.15) is 4.99 Å². The van der Waals surface area contributed by atoms with Crippen molar-refractivity contribution in [3.63, 3.8) is 0 Å². The lowest BCUT2D eigenvalue weighted by Crippen LogP contribution is -2.47. The molecule has 0 unspecified atom stereocenters. The van der Waals surface area contributed by atoms with Crippen LogP contribution < -0.4 is 14.4 Å². The van der Waals surface area contributed by atoms with Gasteiger partial charge in [-0.1, -0.05) is 61.3 Å². The number of likely N-dealkylation sites (N-methyl/N-ethyl adjacent to an activating group) is 1. The molecule has 2 aliphatic rings. The van der Waals surface area contributed by atoms with Crippen molar-refractivity contribution in [1.29, 1.82) is 0 Å². The van der Waals surface area contributed by atoms with E-state index in [1.54, 1.807) is 0 Å². The molecular weight excluding hydrogens is 817 g/mol. The fraction of sp³-hybridized carbons (Fsp3) is 0.438. The second kappa shape index (κ2) is 19.5. The van der Waals surface area contributed by atoms with Gasteiger partial charge in [-0.3, -0.25) is 14.2 Å². The first-order valence-electron chi connectivity index (χ1n) is 21.7. The Bertz CT molecular complexity index is 2460. The first kappa shape index (κ1) is 44.9. The molecule has 1 saturated heterocycles. The number of fused-ring (bicyclic) bond motifs is 2. The lowest BCUT2D eigenvalue weighted by Gasteiger charge is -2.32. The number of carbonyl (C=O) groups is 3. The van der Waals surface area contributed by atoms with Crippen molar-refractivity contribution < 1.29 is 28.6 Å². The van der Waals surface area contributed by atoms with Gasteiger partial charge in [-0.15, -0.1) is 0 Å². The predicted octanol–water partition coefficient (Wildman–Crippen LogP) is 8.07. The smallest absolute Gasteiger partial charge is 0.357 e. The minimum atomic E-state index is -1.26. The minimum Gasteiger partial charge on any atom is -0.494 e. The molecule has 12 nitrogen and oxygen atoms in total. The number of carbonyl (C=O) groups excluding carboxylic acids is 3. The number of thiazole rings is 1. The fourth-order valence-corrected chi connectivity index (χ4v) is 9.36. The van der Waals surface area contributed by atoms with Crippen LogP contribution in [0.5, 0.6) is 5.75 Å². The molecule has 5 aromatic rings. The zero-order chi connectivity index (χ0) is 44.0. The third-order valence-corrected chi connectivity index (χ3v) is 13.9. The molecule has 0 aliphatic carbocycles. The highest BCUT2D eigenvalue weighted by atomic mass is 32.1. The van der Waals surface area contributed by atoms with Crippen LogP contribution in [-0.2, 0) is 35.6 Å². The van der Waals surface area contributed by atoms with Gasteiger partial charge < -0.3 is 28.9 Å². The van der Waals surface area contributed by atoms with E-state index in [2.05, 4.69) is 42.6 Å². The van der Waals surface area contributed by atoms with Crippen molar-refractivity contribution in [1.82, 2.24) is 19.4 Å². The van der Waals surface area contributed by atoms with Crippen molar-refractivity contribution in [3.05, 3.63) is 117 Å². The number of aromatic nitrogens is 2. The number of hydrogen-bond acceptors (Lipinski definition) is 10. The van der Waals surface area contributed by atoms with E-state index >= 15 is 0 Å². The van der Waals surface area contributed by atoms with E-state index in [4.69, 9.17) is 24.2 Å². The molecule has 0 saturated carbocycles. The molecule has 1 fully saturated rings. The van der Waals surface area contributed by atoms with E-state index in [-0.39, 0.29) is 17.5 Å². The molecule has 4 heterocycles. The molecule has 2 aromatic heterocycles. The van der Waals surface area contributed by atoms with Gasteiger partial charge in [0.2, 0.25) is 0 Å². The molecular formula is C48H60N6O6SSi. The number of amides is 2. The summed E-state index contributed by atoms with van der Waals surface area (Å²) in [6.07, 6.45) is 1.89. The number of piperazine rings is 1. The van der Waals surface area contributed by atoms with E-state index in [0.717, 1.165) is 59.1 Å². The normalized spacial score (nSPS) is 15.2. The molecule has 0 atom stereocenters. The third kappa shape index (κ3) is 11.5. The Balaban J connectivity index is 1.05. The SMILES string of the molecule is CN1CCN(C(=O)c2ccc(OCCCc3ccc(N4CCc5cccc(C(=O)N=c6sc7ccccc7n6COCC[Si](C)(C)C)c5C4)nc3C(=O)OC(C)(C)C)cc2)CC1. The van der Waals surface area contributed by atoms with Crippen molar-refractivity contribution in [2.24, 2.45) is 4.99 Å². The molecule has 2 amide bonds. The number of hydrogen-bond donors (Lipinski definition) is 0. The number of benzene rings is 3. The fourth-order valence-electron chi connectivity index (χ4n) is 7.59. The van der Waals surface area contributed by atoms with Crippen molar-refractivity contribution >= 4 is 53.2 Å². The van der Waals surface area contributed by atoms with Gasteiger partial charge in [0, 0.05) is 65.1 Å². The molecule has 3 aromatic carbocycles. The van der Waals surface area contributed by atoms with Crippen molar-refractivity contribution in [3.8, 4) is 5.75 Å². The maximum Gasteiger partial charge on any atom is 0.357 e. The summed E-state index contributed by atoms with van der Waals surface area (Å²) in [6, 6.07) is 26.2. The van der Waals surface area contributed by atoms with E-state index in [9.17, 15) is 14.4 Å². The number of rotatable bonds is 14. The van der Waals surface area contributed by atoms with Crippen LogP contribution in [0.1, 0.15) is 75.1 Å². The summed E-state index contributed by atoms with van der Waals surface area (Å²) in [6.45, 7) is 18.2. The Morgan fingerprint density at radius 2 is 1.63 bits per heavy atom. The van der Waals surface area contributed by atoms with Crippen LogP contribution in [-0.4, -0.2) is 104 Å². The second-order valence-electron chi connectivity index (χ2n) is 18.4. The second-order valence-corrected chi connectivity index (χ2v) is 25.0. The van der Waals surface area contributed by atoms with Gasteiger partial charge >= 0.3 is 5.97 Å². The van der Waals surface area contributed by atoms with Crippen LogP contribution in [0, 0.1) is 0 Å². The number of para-hydroxylation sites is 1. The summed E-state index contributed by atoms with van der Waals surface area (Å²) < 4.78 is 21.1. The average molecular weight is 877 g/mol. The molecule has 0 N–H and O–H groups in total. The Hall–Kier alpha value is -5.15. The molecule has 0 spiro atoms. The van der Waals surface area contributed by atoms with Gasteiger partial charge in [-0.25, -0.2) is 9.78 Å². The number of ether oxygens (including phenoxy) is 3. The number of nitrogens with zero attached hydrogens (tertiary/aromatic N) is 6. The Morgan fingerprint density at radius 1 is 0.871 bits per heavy atom. The lowest BCUT2D eigenvalue weighted by molar-refractivity contribution is 0.00611. The van der Waals surface area contributed by atoms with Gasteiger partial charge in [-0.05, 0) is 118 Å². The van der Waals surface area contributed by atoms with E-state index in [0.29, 0.717) is 79.8 Å². The van der Waals surface area contributed by atoms with E-state index in [1.807, 2.05) is 103 Å². The summed E-state index contributed by atoms with van der Waals surface area (Å²) in [5.74, 6) is 0.574. The highest BCUT2D eigenvalue weighted by molar-refractivity contribution is 7.16. The zero-order valence-electron chi connectivity index (χ0n) is 37.2. The Morgan fingerprint density at radius 3 is 2.37 bits per heavy atom. The highest BCUT2D eigenvalue weighted by Crippen LogP contribution is 2.29. The molecule has 62 heavy (non-hydrogen) atoms. The maximum absolute atomic E-state index is 14.1. The van der Waals surface area contributed by atoms with Gasteiger partial charge in [0.1, 0.15) is 23.9 Å². The first-order chi connectivity index (χ1) is 29.6. The van der Waals surface area contributed by atoms with E-state index < -0.39 is 19.6 Å².